The Morgan fingerprint density at radius 2 is 2.13 bits per heavy atom. The third-order valence-corrected chi connectivity index (χ3v) is 3.78. The van der Waals surface area contributed by atoms with Crippen molar-refractivity contribution in [2.24, 2.45) is 0 Å². The normalized spacial score (nSPS) is 11.2. The van der Waals surface area contributed by atoms with Crippen LogP contribution in [0, 0.1) is 0 Å². The fraction of sp³-hybridized carbons (Fsp3) is 0.235. The van der Waals surface area contributed by atoms with Crippen molar-refractivity contribution in [1.29, 1.82) is 0 Å². The summed E-state index contributed by atoms with van der Waals surface area (Å²) in [6, 6.07) is 9.02. The molecule has 1 N–H and O–H groups in total. The Bertz CT molecular complexity index is 946. The molecule has 1 aromatic carbocycles. The molecule has 0 fully saturated rings. The molecule has 6 nitrogen and oxygen atoms in total. The smallest absolute Gasteiger partial charge is 0.303 e. The average molecular weight is 312 g/mol. The number of ether oxygens (including phenoxy) is 1. The van der Waals surface area contributed by atoms with Gasteiger partial charge in [-0.15, -0.1) is 0 Å². The first kappa shape index (κ1) is 15.2. The molecule has 0 saturated carbocycles. The maximum absolute atomic E-state index is 12.6. The number of rotatable bonds is 5. The van der Waals surface area contributed by atoms with Crippen molar-refractivity contribution >= 4 is 27.8 Å². The van der Waals surface area contributed by atoms with Gasteiger partial charge in [0.15, 0.2) is 0 Å². The minimum Gasteiger partial charge on any atom is -0.481 e. The molecule has 118 valence electrons. The van der Waals surface area contributed by atoms with Gasteiger partial charge in [-0.1, -0.05) is 6.07 Å². The minimum atomic E-state index is -0.836. The van der Waals surface area contributed by atoms with E-state index >= 15 is 0 Å². The zero-order valence-corrected chi connectivity index (χ0v) is 12.7. The topological polar surface area (TPSA) is 81.4 Å². The first-order valence-corrected chi connectivity index (χ1v) is 7.22. The van der Waals surface area contributed by atoms with Crippen molar-refractivity contribution in [3.8, 4) is 0 Å². The monoisotopic (exact) mass is 312 g/mol. The number of aryl methyl sites for hydroxylation is 1. The van der Waals surface area contributed by atoms with Crippen LogP contribution in [0.15, 0.2) is 41.3 Å². The average Bonchev–Trinajstić information content (AvgIpc) is 2.56. The molecule has 0 aliphatic heterocycles. The second-order valence-electron chi connectivity index (χ2n) is 5.30. The van der Waals surface area contributed by atoms with Crippen LogP contribution in [-0.2, 0) is 22.7 Å². The lowest BCUT2D eigenvalue weighted by Crippen LogP contribution is -2.22. The summed E-state index contributed by atoms with van der Waals surface area (Å²) < 4.78 is 6.70. The molecule has 0 bridgehead atoms. The van der Waals surface area contributed by atoms with Gasteiger partial charge in [0.2, 0.25) is 0 Å². The van der Waals surface area contributed by atoms with Crippen LogP contribution >= 0.6 is 0 Å². The zero-order chi connectivity index (χ0) is 16.4. The van der Waals surface area contributed by atoms with E-state index in [1.165, 1.54) is 7.11 Å². The Hall–Kier alpha value is -2.73. The number of carbonyl (C=O) groups is 1. The van der Waals surface area contributed by atoms with Crippen molar-refractivity contribution < 1.29 is 14.6 Å². The van der Waals surface area contributed by atoms with Gasteiger partial charge in [0, 0.05) is 25.1 Å². The maximum atomic E-state index is 12.6. The van der Waals surface area contributed by atoms with Crippen LogP contribution in [0.2, 0.25) is 0 Å². The predicted molar refractivity (Wildman–Crippen MR) is 86.5 cm³/mol. The highest BCUT2D eigenvalue weighted by molar-refractivity contribution is 6.03. The summed E-state index contributed by atoms with van der Waals surface area (Å²) in [5.74, 6) is -0.836. The lowest BCUT2D eigenvalue weighted by atomic mass is 10.0. The Morgan fingerprint density at radius 1 is 1.30 bits per heavy atom. The number of pyridine rings is 2. The number of carboxylic acids is 1. The number of hydrogen-bond acceptors (Lipinski definition) is 4. The molecule has 2 heterocycles. The van der Waals surface area contributed by atoms with Gasteiger partial charge in [0.25, 0.3) is 5.56 Å². The molecule has 23 heavy (non-hydrogen) atoms. The van der Waals surface area contributed by atoms with Crippen molar-refractivity contribution in [1.82, 2.24) is 9.55 Å². The number of aliphatic carboxylic acids is 1. The largest absolute Gasteiger partial charge is 0.481 e. The standard InChI is InChI=1S/C17H16N2O4/c1-23-10-19-14-6-4-11(5-7-15(20)21)9-13(14)16-12(17(19)22)3-2-8-18-16/h2-4,6,8-9H,5,7,10H2,1H3,(H,20,21). The minimum absolute atomic E-state index is 0.0641. The highest BCUT2D eigenvalue weighted by atomic mass is 16.5. The van der Waals surface area contributed by atoms with Gasteiger partial charge in [-0.2, -0.15) is 0 Å². The molecule has 3 aromatic rings. The number of aromatic nitrogens is 2. The molecule has 0 aliphatic rings. The summed E-state index contributed by atoms with van der Waals surface area (Å²) in [6.07, 6.45) is 2.14. The number of benzene rings is 1. The Kier molecular flexibility index (Phi) is 4.08. The van der Waals surface area contributed by atoms with Gasteiger partial charge >= 0.3 is 5.97 Å². The third-order valence-electron chi connectivity index (χ3n) is 3.78. The summed E-state index contributed by atoms with van der Waals surface area (Å²) >= 11 is 0. The van der Waals surface area contributed by atoms with E-state index in [0.29, 0.717) is 17.3 Å². The maximum Gasteiger partial charge on any atom is 0.303 e. The van der Waals surface area contributed by atoms with Crippen LogP contribution in [-0.4, -0.2) is 27.7 Å². The Morgan fingerprint density at radius 3 is 2.87 bits per heavy atom. The zero-order valence-electron chi connectivity index (χ0n) is 12.7. The Balaban J connectivity index is 2.28. The molecule has 0 spiro atoms. The van der Waals surface area contributed by atoms with Crippen LogP contribution in [0.25, 0.3) is 21.8 Å². The van der Waals surface area contributed by atoms with Crippen LogP contribution in [0.4, 0.5) is 0 Å². The molecular weight excluding hydrogens is 296 g/mol. The predicted octanol–water partition coefficient (Wildman–Crippen LogP) is 2.17. The summed E-state index contributed by atoms with van der Waals surface area (Å²) in [7, 11) is 1.53. The van der Waals surface area contributed by atoms with E-state index in [4.69, 9.17) is 9.84 Å². The van der Waals surface area contributed by atoms with E-state index < -0.39 is 5.97 Å². The number of nitrogens with zero attached hydrogens (tertiary/aromatic N) is 2. The first-order chi connectivity index (χ1) is 11.1. The van der Waals surface area contributed by atoms with Crippen molar-refractivity contribution in [2.75, 3.05) is 7.11 Å². The van der Waals surface area contributed by atoms with E-state index in [1.807, 2.05) is 18.2 Å². The quantitative estimate of drug-likeness (QED) is 0.730. The second-order valence-corrected chi connectivity index (χ2v) is 5.30. The van der Waals surface area contributed by atoms with Crippen molar-refractivity contribution in [3.63, 3.8) is 0 Å². The number of fused-ring (bicyclic) bond motifs is 3. The second kappa shape index (κ2) is 6.18. The van der Waals surface area contributed by atoms with Crippen LogP contribution in [0.3, 0.4) is 0 Å². The first-order valence-electron chi connectivity index (χ1n) is 7.22. The van der Waals surface area contributed by atoms with E-state index in [-0.39, 0.29) is 18.7 Å². The molecule has 3 rings (SSSR count). The van der Waals surface area contributed by atoms with Gasteiger partial charge in [-0.3, -0.25) is 19.1 Å². The van der Waals surface area contributed by atoms with Crippen LogP contribution in [0.5, 0.6) is 0 Å². The van der Waals surface area contributed by atoms with E-state index in [2.05, 4.69) is 4.98 Å². The van der Waals surface area contributed by atoms with E-state index in [1.54, 1.807) is 22.9 Å². The fourth-order valence-electron chi connectivity index (χ4n) is 2.72. The number of carboxylic acid groups (broad SMARTS) is 1. The van der Waals surface area contributed by atoms with Crippen LogP contribution in [0.1, 0.15) is 12.0 Å². The highest BCUT2D eigenvalue weighted by Crippen LogP contribution is 2.23. The molecule has 0 atom stereocenters. The van der Waals surface area contributed by atoms with E-state index in [0.717, 1.165) is 16.5 Å². The SMILES string of the molecule is COCn1c(=O)c2cccnc2c2cc(CCC(=O)O)ccc21. The highest BCUT2D eigenvalue weighted by Gasteiger charge is 2.12. The molecule has 0 aliphatic carbocycles. The number of hydrogen-bond donors (Lipinski definition) is 1. The lowest BCUT2D eigenvalue weighted by Gasteiger charge is -2.12. The molecule has 0 unspecified atom stereocenters. The lowest BCUT2D eigenvalue weighted by molar-refractivity contribution is -0.136. The van der Waals surface area contributed by atoms with Gasteiger partial charge in [0.05, 0.1) is 16.4 Å². The van der Waals surface area contributed by atoms with Crippen molar-refractivity contribution in [2.45, 2.75) is 19.6 Å². The van der Waals surface area contributed by atoms with Crippen molar-refractivity contribution in [3.05, 3.63) is 52.4 Å². The van der Waals surface area contributed by atoms with Gasteiger partial charge in [-0.05, 0) is 36.2 Å². The van der Waals surface area contributed by atoms with Crippen LogP contribution < -0.4 is 5.56 Å². The molecular formula is C17H16N2O4. The molecule has 2 aromatic heterocycles. The molecule has 0 amide bonds. The third kappa shape index (κ3) is 2.80. The summed E-state index contributed by atoms with van der Waals surface area (Å²) in [5, 5.41) is 10.2. The van der Waals surface area contributed by atoms with Gasteiger partial charge in [0.1, 0.15) is 6.73 Å². The van der Waals surface area contributed by atoms with Gasteiger partial charge in [-0.25, -0.2) is 0 Å². The van der Waals surface area contributed by atoms with E-state index in [9.17, 15) is 9.59 Å². The summed E-state index contributed by atoms with van der Waals surface area (Å²) in [4.78, 5) is 27.7. The summed E-state index contributed by atoms with van der Waals surface area (Å²) in [6.45, 7) is 0.147. The van der Waals surface area contributed by atoms with Gasteiger partial charge < -0.3 is 9.84 Å². The molecule has 0 radical (unpaired) electrons. The Labute approximate surface area is 131 Å². The summed E-state index contributed by atoms with van der Waals surface area (Å²) in [5.41, 5.74) is 2.09. The molecule has 6 heteroatoms. The number of methoxy groups -OCH3 is 1. The molecule has 0 saturated heterocycles. The fourth-order valence-corrected chi connectivity index (χ4v) is 2.72.